The molecule has 0 amide bonds. The van der Waals surface area contributed by atoms with Crippen LogP contribution in [0.5, 0.6) is 0 Å². The number of aliphatic hydroxyl groups is 1. The maximum atomic E-state index is 9.50. The minimum atomic E-state index is -0.947. The van der Waals surface area contributed by atoms with Crippen molar-refractivity contribution in [2.75, 3.05) is 0 Å². The van der Waals surface area contributed by atoms with Gasteiger partial charge in [-0.3, -0.25) is 0 Å². The second kappa shape index (κ2) is 3.80. The van der Waals surface area contributed by atoms with Gasteiger partial charge in [0.15, 0.2) is 0 Å². The smallest absolute Gasteiger partial charge is 0.136 e. The number of hydrogen-bond donors (Lipinski definition) is 1. The molecule has 0 aromatic heterocycles. The van der Waals surface area contributed by atoms with Crippen LogP contribution in [0.1, 0.15) is 27.2 Å². The molecule has 0 aliphatic carbocycles. The summed E-state index contributed by atoms with van der Waals surface area (Å²) in [6.07, 6.45) is 0.630. The van der Waals surface area contributed by atoms with Gasteiger partial charge in [0.2, 0.25) is 0 Å². The van der Waals surface area contributed by atoms with Gasteiger partial charge in [0.1, 0.15) is 4.84 Å². The van der Waals surface area contributed by atoms with Crippen LogP contribution in [0.4, 0.5) is 0 Å². The molecule has 0 saturated carbocycles. The highest BCUT2D eigenvalue weighted by molar-refractivity contribution is 6.45. The predicted molar refractivity (Wildman–Crippen MR) is 45.6 cm³/mol. The lowest BCUT2D eigenvalue weighted by Crippen LogP contribution is -2.33. The molecule has 0 saturated heterocycles. The molecule has 0 heterocycles. The van der Waals surface area contributed by atoms with Crippen molar-refractivity contribution in [3.8, 4) is 0 Å². The zero-order valence-electron chi connectivity index (χ0n) is 6.56. The zero-order valence-corrected chi connectivity index (χ0v) is 8.08. The molecule has 0 fully saturated rings. The number of alkyl halides is 2. The van der Waals surface area contributed by atoms with Crippen LogP contribution in [0.25, 0.3) is 0 Å². The highest BCUT2D eigenvalue weighted by Gasteiger charge is 2.29. The molecule has 0 bridgehead atoms. The van der Waals surface area contributed by atoms with Crippen molar-refractivity contribution in [1.82, 2.24) is 0 Å². The highest BCUT2D eigenvalue weighted by Crippen LogP contribution is 2.26. The van der Waals surface area contributed by atoms with Gasteiger partial charge >= 0.3 is 0 Å². The number of hydrogen-bond acceptors (Lipinski definition) is 1. The van der Waals surface area contributed by atoms with Gasteiger partial charge in [-0.1, -0.05) is 13.8 Å². The summed E-state index contributed by atoms with van der Waals surface area (Å²) in [5, 5.41) is 9.50. The van der Waals surface area contributed by atoms with Crippen LogP contribution in [0.3, 0.4) is 0 Å². The van der Waals surface area contributed by atoms with E-state index in [-0.39, 0.29) is 0 Å². The third-order valence-electron chi connectivity index (χ3n) is 1.29. The first-order valence-corrected chi connectivity index (χ1v) is 4.24. The van der Waals surface area contributed by atoms with E-state index in [4.69, 9.17) is 23.2 Å². The average molecular weight is 185 g/mol. The van der Waals surface area contributed by atoms with Crippen molar-refractivity contribution >= 4 is 23.2 Å². The highest BCUT2D eigenvalue weighted by atomic mass is 35.5. The summed E-state index contributed by atoms with van der Waals surface area (Å²) >= 11 is 11.1. The Kier molecular flexibility index (Phi) is 4.00. The average Bonchev–Trinajstić information content (AvgIpc) is 1.60. The lowest BCUT2D eigenvalue weighted by molar-refractivity contribution is 0.0519. The minimum absolute atomic E-state index is 0.412. The first-order valence-electron chi connectivity index (χ1n) is 3.37. The molecule has 3 heteroatoms. The lowest BCUT2D eigenvalue weighted by atomic mass is 9.96. The van der Waals surface area contributed by atoms with Crippen molar-refractivity contribution in [3.63, 3.8) is 0 Å². The second-order valence-corrected chi connectivity index (χ2v) is 4.35. The van der Waals surface area contributed by atoms with Gasteiger partial charge < -0.3 is 5.11 Å². The topological polar surface area (TPSA) is 20.2 Å². The van der Waals surface area contributed by atoms with Crippen LogP contribution in [0, 0.1) is 5.92 Å². The number of halogens is 2. The third-order valence-corrected chi connectivity index (χ3v) is 2.23. The summed E-state index contributed by atoms with van der Waals surface area (Å²) in [4.78, 5) is -0.699. The van der Waals surface area contributed by atoms with Gasteiger partial charge in [0.25, 0.3) is 0 Å². The zero-order chi connectivity index (χ0) is 8.36. The summed E-state index contributed by atoms with van der Waals surface area (Å²) in [5.41, 5.74) is -0.947. The molecular weight excluding hydrogens is 171 g/mol. The quantitative estimate of drug-likeness (QED) is 0.670. The normalized spacial score (nSPS) is 18.0. The van der Waals surface area contributed by atoms with Gasteiger partial charge in [-0.2, -0.15) is 0 Å². The predicted octanol–water partition coefficient (Wildman–Crippen LogP) is 2.59. The molecule has 62 valence electrons. The Labute approximate surface area is 72.3 Å². The molecule has 1 N–H and O–H groups in total. The Hall–Kier alpha value is 0.540. The molecule has 0 aliphatic rings. The van der Waals surface area contributed by atoms with E-state index in [9.17, 15) is 5.11 Å². The molecule has 0 radical (unpaired) electrons. The molecule has 1 unspecified atom stereocenters. The Balaban J connectivity index is 3.87. The molecular formula is C7H14Cl2O. The van der Waals surface area contributed by atoms with Gasteiger partial charge in [0, 0.05) is 0 Å². The van der Waals surface area contributed by atoms with Crippen LogP contribution in [-0.4, -0.2) is 15.5 Å². The summed E-state index contributed by atoms with van der Waals surface area (Å²) in [5.74, 6) is 0.412. The van der Waals surface area contributed by atoms with E-state index in [0.29, 0.717) is 12.3 Å². The van der Waals surface area contributed by atoms with Gasteiger partial charge in [-0.15, -0.1) is 23.2 Å². The van der Waals surface area contributed by atoms with E-state index in [2.05, 4.69) is 0 Å². The van der Waals surface area contributed by atoms with E-state index >= 15 is 0 Å². The Bertz CT molecular complexity index is 99.8. The summed E-state index contributed by atoms with van der Waals surface area (Å²) in [7, 11) is 0. The maximum absolute atomic E-state index is 9.50. The fourth-order valence-corrected chi connectivity index (χ4v) is 1.09. The molecule has 10 heavy (non-hydrogen) atoms. The van der Waals surface area contributed by atoms with Crippen LogP contribution in [0.15, 0.2) is 0 Å². The SMILES string of the molecule is CC(C)CC(C)(O)C(Cl)Cl. The van der Waals surface area contributed by atoms with Crippen LogP contribution < -0.4 is 0 Å². The fraction of sp³-hybridized carbons (Fsp3) is 1.00. The van der Waals surface area contributed by atoms with Crippen LogP contribution in [0.2, 0.25) is 0 Å². The molecule has 0 aliphatic heterocycles. The Morgan fingerprint density at radius 3 is 1.90 bits per heavy atom. The second-order valence-electron chi connectivity index (χ2n) is 3.26. The lowest BCUT2D eigenvalue weighted by Gasteiger charge is -2.26. The standard InChI is InChI=1S/C7H14Cl2O/c1-5(2)4-7(3,10)6(8)9/h5-6,10H,4H2,1-3H3. The van der Waals surface area contributed by atoms with Crippen molar-refractivity contribution < 1.29 is 5.11 Å². The molecule has 0 aromatic carbocycles. The minimum Gasteiger partial charge on any atom is -0.387 e. The van der Waals surface area contributed by atoms with E-state index in [1.165, 1.54) is 0 Å². The maximum Gasteiger partial charge on any atom is 0.136 e. The van der Waals surface area contributed by atoms with Crippen molar-refractivity contribution in [3.05, 3.63) is 0 Å². The van der Waals surface area contributed by atoms with Crippen molar-refractivity contribution in [1.29, 1.82) is 0 Å². The molecule has 1 nitrogen and oxygen atoms in total. The fourth-order valence-electron chi connectivity index (χ4n) is 0.916. The number of rotatable bonds is 3. The van der Waals surface area contributed by atoms with Crippen molar-refractivity contribution in [2.24, 2.45) is 5.92 Å². The third kappa shape index (κ3) is 3.65. The molecule has 1 atom stereocenters. The van der Waals surface area contributed by atoms with Crippen molar-refractivity contribution in [2.45, 2.75) is 37.6 Å². The first-order chi connectivity index (χ1) is 4.36. The van der Waals surface area contributed by atoms with E-state index < -0.39 is 10.4 Å². The van der Waals surface area contributed by atoms with Crippen LogP contribution >= 0.6 is 23.2 Å². The summed E-state index contributed by atoms with van der Waals surface area (Å²) < 4.78 is 0. The van der Waals surface area contributed by atoms with E-state index in [1.807, 2.05) is 13.8 Å². The Morgan fingerprint density at radius 1 is 1.40 bits per heavy atom. The Morgan fingerprint density at radius 2 is 1.80 bits per heavy atom. The van der Waals surface area contributed by atoms with Gasteiger partial charge in [0.05, 0.1) is 5.60 Å². The largest absolute Gasteiger partial charge is 0.387 e. The first kappa shape index (κ1) is 10.5. The molecule has 0 aromatic rings. The van der Waals surface area contributed by atoms with Crippen LogP contribution in [-0.2, 0) is 0 Å². The monoisotopic (exact) mass is 184 g/mol. The van der Waals surface area contributed by atoms with E-state index in [1.54, 1.807) is 6.92 Å². The van der Waals surface area contributed by atoms with Gasteiger partial charge in [-0.05, 0) is 19.3 Å². The van der Waals surface area contributed by atoms with E-state index in [0.717, 1.165) is 0 Å². The summed E-state index contributed by atoms with van der Waals surface area (Å²) in [6, 6.07) is 0. The molecule has 0 rings (SSSR count). The van der Waals surface area contributed by atoms with Gasteiger partial charge in [-0.25, -0.2) is 0 Å². The summed E-state index contributed by atoms with van der Waals surface area (Å²) in [6.45, 7) is 5.69. The molecule has 0 spiro atoms.